The summed E-state index contributed by atoms with van der Waals surface area (Å²) in [4.78, 5) is 24.0. The molecule has 0 unspecified atom stereocenters. The van der Waals surface area contributed by atoms with Crippen LogP contribution in [0.4, 0.5) is 4.39 Å². The molecule has 134 valence electrons. The van der Waals surface area contributed by atoms with Gasteiger partial charge in [-0.25, -0.2) is 9.18 Å². The standard InChI is InChI=1S/C18H22FN3O3/c1-21-15(11-16(23)22(2)17(21)24)12-20-18(7-9-25-10-8-18)13-3-5-14(19)6-4-13/h3-6,11,20H,7-10,12H2,1-2H3. The van der Waals surface area contributed by atoms with Gasteiger partial charge in [-0.1, -0.05) is 12.1 Å². The predicted molar refractivity (Wildman–Crippen MR) is 91.9 cm³/mol. The Hall–Kier alpha value is -2.25. The monoisotopic (exact) mass is 347 g/mol. The van der Waals surface area contributed by atoms with Gasteiger partial charge >= 0.3 is 5.69 Å². The van der Waals surface area contributed by atoms with Gasteiger partial charge in [0.25, 0.3) is 5.56 Å². The summed E-state index contributed by atoms with van der Waals surface area (Å²) in [6.07, 6.45) is 1.47. The summed E-state index contributed by atoms with van der Waals surface area (Å²) in [6.45, 7) is 1.55. The lowest BCUT2D eigenvalue weighted by molar-refractivity contribution is 0.0355. The van der Waals surface area contributed by atoms with Crippen molar-refractivity contribution < 1.29 is 9.13 Å². The Labute approximate surface area is 144 Å². The smallest absolute Gasteiger partial charge is 0.330 e. The fourth-order valence-electron chi connectivity index (χ4n) is 3.26. The highest BCUT2D eigenvalue weighted by molar-refractivity contribution is 5.26. The van der Waals surface area contributed by atoms with Gasteiger partial charge in [-0.15, -0.1) is 0 Å². The third-order valence-corrected chi connectivity index (χ3v) is 4.98. The lowest BCUT2D eigenvalue weighted by Crippen LogP contribution is -2.47. The van der Waals surface area contributed by atoms with Crippen molar-refractivity contribution in [3.05, 3.63) is 68.2 Å². The van der Waals surface area contributed by atoms with Crippen molar-refractivity contribution in [2.75, 3.05) is 13.2 Å². The van der Waals surface area contributed by atoms with Crippen molar-refractivity contribution in [1.29, 1.82) is 0 Å². The second-order valence-corrected chi connectivity index (χ2v) is 6.43. The zero-order valence-electron chi connectivity index (χ0n) is 14.4. The van der Waals surface area contributed by atoms with Gasteiger partial charge in [0.2, 0.25) is 0 Å². The summed E-state index contributed by atoms with van der Waals surface area (Å²) < 4.78 is 21.3. The Morgan fingerprint density at radius 1 is 1.12 bits per heavy atom. The Morgan fingerprint density at radius 2 is 1.76 bits per heavy atom. The molecule has 1 N–H and O–H groups in total. The Bertz CT molecular complexity index is 865. The van der Waals surface area contributed by atoms with Gasteiger partial charge in [0, 0.05) is 51.2 Å². The highest BCUT2D eigenvalue weighted by atomic mass is 19.1. The van der Waals surface area contributed by atoms with Crippen LogP contribution >= 0.6 is 0 Å². The van der Waals surface area contributed by atoms with Crippen molar-refractivity contribution in [3.8, 4) is 0 Å². The van der Waals surface area contributed by atoms with Crippen LogP contribution in [0.2, 0.25) is 0 Å². The normalized spacial score (nSPS) is 16.8. The third kappa shape index (κ3) is 3.43. The molecule has 0 amide bonds. The van der Waals surface area contributed by atoms with Gasteiger partial charge in [0.05, 0.1) is 0 Å². The number of nitrogens with one attached hydrogen (secondary N) is 1. The predicted octanol–water partition coefficient (Wildman–Crippen LogP) is 1.02. The Morgan fingerprint density at radius 3 is 2.40 bits per heavy atom. The minimum Gasteiger partial charge on any atom is -0.381 e. The molecule has 1 aliphatic rings. The molecule has 1 saturated heterocycles. The van der Waals surface area contributed by atoms with Gasteiger partial charge < -0.3 is 10.1 Å². The summed E-state index contributed by atoms with van der Waals surface area (Å²) in [7, 11) is 3.10. The minimum absolute atomic E-state index is 0.278. The van der Waals surface area contributed by atoms with E-state index in [0.717, 1.165) is 23.0 Å². The molecule has 1 aliphatic heterocycles. The van der Waals surface area contributed by atoms with Gasteiger partial charge in [-0.2, -0.15) is 0 Å². The molecule has 0 radical (unpaired) electrons. The number of benzene rings is 1. The molecule has 2 heterocycles. The van der Waals surface area contributed by atoms with E-state index in [9.17, 15) is 14.0 Å². The van der Waals surface area contributed by atoms with Crippen molar-refractivity contribution in [2.45, 2.75) is 24.9 Å². The quantitative estimate of drug-likeness (QED) is 0.897. The van der Waals surface area contributed by atoms with Crippen LogP contribution in [0.1, 0.15) is 24.1 Å². The molecule has 0 bridgehead atoms. The van der Waals surface area contributed by atoms with Crippen molar-refractivity contribution >= 4 is 0 Å². The maximum atomic E-state index is 13.3. The van der Waals surface area contributed by atoms with Crippen LogP contribution in [0, 0.1) is 5.82 Å². The number of ether oxygens (including phenoxy) is 1. The van der Waals surface area contributed by atoms with Crippen LogP contribution in [0.5, 0.6) is 0 Å². The van der Waals surface area contributed by atoms with Crippen molar-refractivity contribution in [1.82, 2.24) is 14.5 Å². The van der Waals surface area contributed by atoms with E-state index in [1.807, 2.05) is 0 Å². The molecule has 2 aromatic rings. The maximum absolute atomic E-state index is 13.3. The van der Waals surface area contributed by atoms with E-state index in [2.05, 4.69) is 5.32 Å². The van der Waals surface area contributed by atoms with E-state index in [1.54, 1.807) is 19.2 Å². The molecule has 0 saturated carbocycles. The molecule has 0 spiro atoms. The molecule has 1 aromatic carbocycles. The van der Waals surface area contributed by atoms with E-state index in [0.29, 0.717) is 25.5 Å². The molecule has 6 nitrogen and oxygen atoms in total. The SMILES string of the molecule is Cn1c(CNC2(c3ccc(F)cc3)CCOCC2)cc(=O)n(C)c1=O. The number of hydrogen-bond acceptors (Lipinski definition) is 4. The third-order valence-electron chi connectivity index (χ3n) is 4.98. The maximum Gasteiger partial charge on any atom is 0.330 e. The highest BCUT2D eigenvalue weighted by Gasteiger charge is 2.34. The number of aromatic nitrogens is 2. The van der Waals surface area contributed by atoms with E-state index < -0.39 is 0 Å². The average molecular weight is 347 g/mol. The second-order valence-electron chi connectivity index (χ2n) is 6.43. The summed E-state index contributed by atoms with van der Waals surface area (Å²) in [5, 5.41) is 3.49. The zero-order valence-corrected chi connectivity index (χ0v) is 14.4. The van der Waals surface area contributed by atoms with Crippen LogP contribution in [-0.4, -0.2) is 22.3 Å². The van der Waals surface area contributed by atoms with Gasteiger partial charge in [-0.05, 0) is 30.5 Å². The molecule has 3 rings (SSSR count). The van der Waals surface area contributed by atoms with Crippen molar-refractivity contribution in [2.24, 2.45) is 14.1 Å². The first-order valence-electron chi connectivity index (χ1n) is 8.28. The van der Waals surface area contributed by atoms with E-state index in [4.69, 9.17) is 4.74 Å². The van der Waals surface area contributed by atoms with Crippen LogP contribution in [0.3, 0.4) is 0 Å². The Kier molecular flexibility index (Phi) is 4.87. The topological polar surface area (TPSA) is 65.3 Å². The van der Waals surface area contributed by atoms with Gasteiger partial charge in [0.15, 0.2) is 0 Å². The molecular formula is C18H22FN3O3. The first-order chi connectivity index (χ1) is 11.9. The summed E-state index contributed by atoms with van der Waals surface area (Å²) >= 11 is 0. The minimum atomic E-state index is -0.372. The molecule has 25 heavy (non-hydrogen) atoms. The highest BCUT2D eigenvalue weighted by Crippen LogP contribution is 2.32. The zero-order chi connectivity index (χ0) is 18.0. The van der Waals surface area contributed by atoms with E-state index in [1.165, 1.54) is 29.8 Å². The van der Waals surface area contributed by atoms with Crippen LogP contribution in [0.25, 0.3) is 0 Å². The molecule has 0 aliphatic carbocycles. The average Bonchev–Trinajstić information content (AvgIpc) is 2.63. The molecule has 0 atom stereocenters. The van der Waals surface area contributed by atoms with Crippen LogP contribution < -0.4 is 16.6 Å². The fourth-order valence-corrected chi connectivity index (χ4v) is 3.26. The second kappa shape index (κ2) is 6.93. The largest absolute Gasteiger partial charge is 0.381 e. The van der Waals surface area contributed by atoms with E-state index in [-0.39, 0.29) is 22.6 Å². The van der Waals surface area contributed by atoms with Crippen LogP contribution in [-0.2, 0) is 30.9 Å². The first kappa shape index (κ1) is 17.6. The lowest BCUT2D eigenvalue weighted by Gasteiger charge is -2.39. The molecule has 1 aromatic heterocycles. The van der Waals surface area contributed by atoms with Crippen molar-refractivity contribution in [3.63, 3.8) is 0 Å². The first-order valence-corrected chi connectivity index (χ1v) is 8.28. The summed E-state index contributed by atoms with van der Waals surface area (Å²) in [5.74, 6) is -0.278. The molecular weight excluding hydrogens is 325 g/mol. The molecule has 7 heteroatoms. The number of rotatable bonds is 4. The summed E-state index contributed by atoms with van der Waals surface area (Å²) in [5.41, 5.74) is 0.533. The number of halogens is 1. The van der Waals surface area contributed by atoms with Gasteiger partial charge in [-0.3, -0.25) is 13.9 Å². The van der Waals surface area contributed by atoms with E-state index >= 15 is 0 Å². The summed E-state index contributed by atoms with van der Waals surface area (Å²) in [6, 6.07) is 7.91. The van der Waals surface area contributed by atoms with Gasteiger partial charge in [0.1, 0.15) is 5.82 Å². The fraction of sp³-hybridized carbons (Fsp3) is 0.444. The number of hydrogen-bond donors (Lipinski definition) is 1. The Balaban J connectivity index is 1.91. The number of nitrogens with zero attached hydrogens (tertiary/aromatic N) is 2. The molecule has 1 fully saturated rings. The van der Waals surface area contributed by atoms with Crippen LogP contribution in [0.15, 0.2) is 39.9 Å². The lowest BCUT2D eigenvalue weighted by atomic mass is 9.82.